The maximum atomic E-state index is 12.6. The van der Waals surface area contributed by atoms with E-state index in [1.54, 1.807) is 11.4 Å². The smallest absolute Gasteiger partial charge is 0.381 e. The first kappa shape index (κ1) is 15.5. The number of nitrogens with zero attached hydrogens (tertiary/aromatic N) is 1. The molecule has 0 radical (unpaired) electrons. The summed E-state index contributed by atoms with van der Waals surface area (Å²) in [6.07, 6.45) is -2.80. The Balaban J connectivity index is 2.10. The standard InChI is InChI=1S/C13H16F3NO2S/c1-19-11-5-7-17(8-6-11)20(18)12-4-2-3-10(9-12)13(14,15)16/h2-4,9,11H,5-8H2,1H3. The molecule has 1 aromatic rings. The first-order chi connectivity index (χ1) is 9.41. The average molecular weight is 307 g/mol. The van der Waals surface area contributed by atoms with E-state index in [2.05, 4.69) is 0 Å². The van der Waals surface area contributed by atoms with Gasteiger partial charge in [-0.3, -0.25) is 0 Å². The molecule has 0 aliphatic carbocycles. The average Bonchev–Trinajstić information content (AvgIpc) is 2.46. The summed E-state index contributed by atoms with van der Waals surface area (Å²) in [5.74, 6) is 0. The Morgan fingerprint density at radius 2 is 1.95 bits per heavy atom. The van der Waals surface area contributed by atoms with E-state index in [4.69, 9.17) is 4.74 Å². The van der Waals surface area contributed by atoms with Crippen LogP contribution in [0.1, 0.15) is 18.4 Å². The second-order valence-electron chi connectivity index (χ2n) is 4.64. The molecule has 0 amide bonds. The third-order valence-corrected chi connectivity index (χ3v) is 4.82. The van der Waals surface area contributed by atoms with Gasteiger partial charge >= 0.3 is 6.18 Å². The van der Waals surface area contributed by atoms with Crippen LogP contribution in [0.15, 0.2) is 29.2 Å². The van der Waals surface area contributed by atoms with Crippen molar-refractivity contribution in [3.8, 4) is 0 Å². The zero-order valence-electron chi connectivity index (χ0n) is 11.0. The maximum absolute atomic E-state index is 12.6. The van der Waals surface area contributed by atoms with Crippen LogP contribution in [0, 0.1) is 0 Å². The Morgan fingerprint density at radius 1 is 1.30 bits per heavy atom. The predicted molar refractivity (Wildman–Crippen MR) is 69.5 cm³/mol. The summed E-state index contributed by atoms with van der Waals surface area (Å²) >= 11 is 0. The van der Waals surface area contributed by atoms with Gasteiger partial charge in [0, 0.05) is 20.2 Å². The number of ether oxygens (including phenoxy) is 1. The van der Waals surface area contributed by atoms with Crippen molar-refractivity contribution in [1.82, 2.24) is 4.31 Å². The predicted octanol–water partition coefficient (Wildman–Crippen LogP) is 2.84. The molecule has 1 fully saturated rings. The van der Waals surface area contributed by atoms with Gasteiger partial charge in [-0.1, -0.05) is 6.07 Å². The lowest BCUT2D eigenvalue weighted by atomic mass is 10.1. The molecule has 1 unspecified atom stereocenters. The number of rotatable bonds is 3. The Morgan fingerprint density at radius 3 is 2.50 bits per heavy atom. The summed E-state index contributed by atoms with van der Waals surface area (Å²) in [6, 6.07) is 4.70. The minimum atomic E-state index is -4.41. The van der Waals surface area contributed by atoms with Crippen LogP contribution in [0.2, 0.25) is 0 Å². The van der Waals surface area contributed by atoms with Gasteiger partial charge in [0.25, 0.3) is 0 Å². The van der Waals surface area contributed by atoms with Crippen LogP contribution in [-0.4, -0.2) is 34.8 Å². The van der Waals surface area contributed by atoms with E-state index in [1.165, 1.54) is 12.1 Å². The van der Waals surface area contributed by atoms with Gasteiger partial charge in [-0.25, -0.2) is 8.51 Å². The SMILES string of the molecule is COC1CCN(S(=O)c2cccc(C(F)(F)F)c2)CC1. The van der Waals surface area contributed by atoms with Crippen LogP contribution in [0.25, 0.3) is 0 Å². The highest BCUT2D eigenvalue weighted by atomic mass is 32.2. The van der Waals surface area contributed by atoms with Crippen molar-refractivity contribution in [2.24, 2.45) is 0 Å². The third kappa shape index (κ3) is 3.59. The molecule has 0 N–H and O–H groups in total. The molecule has 0 bridgehead atoms. The van der Waals surface area contributed by atoms with Crippen molar-refractivity contribution in [1.29, 1.82) is 0 Å². The normalized spacial score (nSPS) is 20.0. The van der Waals surface area contributed by atoms with Crippen LogP contribution in [0.5, 0.6) is 0 Å². The van der Waals surface area contributed by atoms with E-state index in [0.29, 0.717) is 13.1 Å². The molecule has 1 aliphatic heterocycles. The van der Waals surface area contributed by atoms with Crippen LogP contribution < -0.4 is 0 Å². The number of benzene rings is 1. The van der Waals surface area contributed by atoms with Crippen LogP contribution in [-0.2, 0) is 21.9 Å². The molecular formula is C13H16F3NO2S. The van der Waals surface area contributed by atoms with Crippen molar-refractivity contribution in [2.45, 2.75) is 30.0 Å². The second kappa shape index (κ2) is 6.24. The quantitative estimate of drug-likeness (QED) is 0.859. The lowest BCUT2D eigenvalue weighted by Crippen LogP contribution is -2.37. The number of hydrogen-bond donors (Lipinski definition) is 0. The molecule has 1 heterocycles. The molecule has 0 spiro atoms. The van der Waals surface area contributed by atoms with Gasteiger partial charge in [0.05, 0.1) is 16.6 Å². The third-order valence-electron chi connectivity index (χ3n) is 3.33. The monoisotopic (exact) mass is 307 g/mol. The van der Waals surface area contributed by atoms with Gasteiger partial charge in [0.1, 0.15) is 11.0 Å². The van der Waals surface area contributed by atoms with E-state index in [0.717, 1.165) is 25.0 Å². The molecule has 112 valence electrons. The van der Waals surface area contributed by atoms with E-state index in [1.807, 2.05) is 0 Å². The highest BCUT2D eigenvalue weighted by molar-refractivity contribution is 7.82. The summed E-state index contributed by atoms with van der Waals surface area (Å²) < 4.78 is 57.1. The number of alkyl halides is 3. The first-order valence-electron chi connectivity index (χ1n) is 6.28. The molecule has 20 heavy (non-hydrogen) atoms. The van der Waals surface area contributed by atoms with E-state index >= 15 is 0 Å². The van der Waals surface area contributed by atoms with Crippen LogP contribution in [0.3, 0.4) is 0 Å². The zero-order valence-corrected chi connectivity index (χ0v) is 11.8. The van der Waals surface area contributed by atoms with Gasteiger partial charge in [-0.05, 0) is 31.0 Å². The lowest BCUT2D eigenvalue weighted by molar-refractivity contribution is -0.137. The van der Waals surface area contributed by atoms with Crippen LogP contribution in [0.4, 0.5) is 13.2 Å². The fraction of sp³-hybridized carbons (Fsp3) is 0.538. The fourth-order valence-electron chi connectivity index (χ4n) is 2.16. The second-order valence-corrected chi connectivity index (χ2v) is 6.12. The van der Waals surface area contributed by atoms with Gasteiger partial charge in [-0.2, -0.15) is 13.2 Å². The Kier molecular flexibility index (Phi) is 4.82. The van der Waals surface area contributed by atoms with Gasteiger partial charge in [0.2, 0.25) is 0 Å². The number of hydrogen-bond acceptors (Lipinski definition) is 2. The van der Waals surface area contributed by atoms with E-state index in [9.17, 15) is 17.4 Å². The van der Waals surface area contributed by atoms with Crippen molar-refractivity contribution in [3.63, 3.8) is 0 Å². The number of methoxy groups -OCH3 is 1. The summed E-state index contributed by atoms with van der Waals surface area (Å²) in [5, 5.41) is 0. The van der Waals surface area contributed by atoms with Crippen molar-refractivity contribution in [2.75, 3.05) is 20.2 Å². The largest absolute Gasteiger partial charge is 0.416 e. The Hall–Kier alpha value is -0.920. The Bertz CT molecular complexity index is 485. The number of halogens is 3. The minimum absolute atomic E-state index is 0.143. The molecule has 0 saturated carbocycles. The van der Waals surface area contributed by atoms with Gasteiger partial charge < -0.3 is 4.74 Å². The first-order valence-corrected chi connectivity index (χ1v) is 7.39. The lowest BCUT2D eigenvalue weighted by Gasteiger charge is -2.30. The fourth-order valence-corrected chi connectivity index (χ4v) is 3.43. The number of piperidine rings is 1. The molecule has 2 rings (SSSR count). The molecule has 1 saturated heterocycles. The summed E-state index contributed by atoms with van der Waals surface area (Å²) in [6.45, 7) is 1.11. The molecule has 1 aliphatic rings. The van der Waals surface area contributed by atoms with Crippen molar-refractivity contribution < 1.29 is 22.1 Å². The molecule has 0 aromatic heterocycles. The molecule has 3 nitrogen and oxygen atoms in total. The van der Waals surface area contributed by atoms with Gasteiger partial charge in [0.15, 0.2) is 0 Å². The minimum Gasteiger partial charge on any atom is -0.381 e. The molecule has 1 atom stereocenters. The highest BCUT2D eigenvalue weighted by Crippen LogP contribution is 2.30. The zero-order chi connectivity index (χ0) is 14.8. The Labute approximate surface area is 118 Å². The van der Waals surface area contributed by atoms with E-state index < -0.39 is 22.7 Å². The maximum Gasteiger partial charge on any atom is 0.416 e. The molecule has 1 aromatic carbocycles. The highest BCUT2D eigenvalue weighted by Gasteiger charge is 2.31. The molecule has 7 heteroatoms. The van der Waals surface area contributed by atoms with Crippen molar-refractivity contribution >= 4 is 11.0 Å². The summed E-state index contributed by atoms with van der Waals surface area (Å²) in [7, 11) is 0.0750. The van der Waals surface area contributed by atoms with Gasteiger partial charge in [-0.15, -0.1) is 0 Å². The summed E-state index contributed by atoms with van der Waals surface area (Å²) in [5.41, 5.74) is -0.768. The summed E-state index contributed by atoms with van der Waals surface area (Å²) in [4.78, 5) is 0.190. The topological polar surface area (TPSA) is 29.5 Å². The van der Waals surface area contributed by atoms with Crippen molar-refractivity contribution in [3.05, 3.63) is 29.8 Å². The van der Waals surface area contributed by atoms with E-state index in [-0.39, 0.29) is 11.0 Å². The molecular weight excluding hydrogens is 291 g/mol. The van der Waals surface area contributed by atoms with Crippen LogP contribution >= 0.6 is 0 Å².